The Hall–Kier alpha value is -3.40. The van der Waals surface area contributed by atoms with Gasteiger partial charge in [-0.15, -0.1) is 0 Å². The van der Waals surface area contributed by atoms with Crippen molar-refractivity contribution in [3.63, 3.8) is 0 Å². The minimum atomic E-state index is -4.34. The van der Waals surface area contributed by atoms with Gasteiger partial charge in [0.1, 0.15) is 24.0 Å². The lowest BCUT2D eigenvalue weighted by Gasteiger charge is -2.27. The molecule has 3 heterocycles. The van der Waals surface area contributed by atoms with Gasteiger partial charge in [0, 0.05) is 6.04 Å². The molecule has 17 heteroatoms. The van der Waals surface area contributed by atoms with E-state index in [2.05, 4.69) is 25.4 Å². The van der Waals surface area contributed by atoms with Crippen molar-refractivity contribution in [3.05, 3.63) is 36.7 Å². The topological polar surface area (TPSA) is 205 Å². The van der Waals surface area contributed by atoms with E-state index in [0.717, 1.165) is 12.8 Å². The zero-order chi connectivity index (χ0) is 30.1. The molecule has 2 fully saturated rings. The van der Waals surface area contributed by atoms with E-state index < -0.39 is 57.1 Å². The zero-order valence-electron chi connectivity index (χ0n) is 22.9. The number of alkyl halides is 1. The molecular weight excluding hydrogens is 576 g/mol. The Balaban J connectivity index is 1.39. The number of hydrogen-bond donors (Lipinski definition) is 5. The molecule has 42 heavy (non-hydrogen) atoms. The van der Waals surface area contributed by atoms with E-state index in [9.17, 15) is 19.6 Å². The van der Waals surface area contributed by atoms with Gasteiger partial charge in [-0.3, -0.25) is 13.9 Å². The number of rotatable bonds is 13. The van der Waals surface area contributed by atoms with E-state index in [0.29, 0.717) is 11.3 Å². The maximum atomic E-state index is 16.2. The molecule has 1 aromatic carbocycles. The first-order valence-electron chi connectivity index (χ1n) is 13.4. The fourth-order valence-corrected chi connectivity index (χ4v) is 5.97. The average molecular weight is 610 g/mol. The van der Waals surface area contributed by atoms with Crippen LogP contribution in [-0.2, 0) is 23.4 Å². The van der Waals surface area contributed by atoms with Gasteiger partial charge in [0.2, 0.25) is 11.6 Å². The van der Waals surface area contributed by atoms with Gasteiger partial charge in [-0.1, -0.05) is 18.2 Å². The van der Waals surface area contributed by atoms with Crippen LogP contribution in [0.25, 0.3) is 11.2 Å². The Labute approximate surface area is 240 Å². The number of aliphatic hydroxyl groups is 2. The number of nitrogens with one attached hydrogen (secondary N) is 2. The van der Waals surface area contributed by atoms with Crippen LogP contribution >= 0.6 is 7.75 Å². The lowest BCUT2D eigenvalue weighted by atomic mass is 9.97. The van der Waals surface area contributed by atoms with Crippen LogP contribution in [0.3, 0.4) is 0 Å². The van der Waals surface area contributed by atoms with Crippen LogP contribution in [0.4, 0.5) is 16.2 Å². The van der Waals surface area contributed by atoms with Crippen molar-refractivity contribution in [2.75, 3.05) is 30.9 Å². The van der Waals surface area contributed by atoms with Crippen molar-refractivity contribution < 1.29 is 42.5 Å². The minimum absolute atomic E-state index is 0.0937. The number of ether oxygens (including phenoxy) is 2. The number of anilines is 2. The Morgan fingerprint density at radius 1 is 1.33 bits per heavy atom. The maximum absolute atomic E-state index is 16.2. The number of esters is 1. The molecule has 0 amide bonds. The number of nitrogens with two attached hydrogens (primary N) is 1. The van der Waals surface area contributed by atoms with Gasteiger partial charge < -0.3 is 35.3 Å². The summed E-state index contributed by atoms with van der Waals surface area (Å²) in [5.74, 6) is -0.281. The van der Waals surface area contributed by atoms with Crippen LogP contribution in [0.15, 0.2) is 36.7 Å². The van der Waals surface area contributed by atoms with Gasteiger partial charge in [-0.05, 0) is 38.8 Å². The van der Waals surface area contributed by atoms with Crippen molar-refractivity contribution >= 4 is 36.6 Å². The van der Waals surface area contributed by atoms with Crippen molar-refractivity contribution in [1.82, 2.24) is 24.6 Å². The van der Waals surface area contributed by atoms with E-state index in [-0.39, 0.29) is 30.0 Å². The molecule has 3 aromatic rings. The standard InChI is InChI=1S/C25H33FN7O8P/c1-3-38-22(36)14(2)32-42(37,41-16-7-5-4-6-8-16)39-11-17-19(35)25(26,12-34)23(40-17)33-13-28-18-20(29-15-9-10-15)30-24(27)31-21(18)33/h4-8,13-15,17,19,23,34-35H,3,9-12H2,1-2H3,(H,32,37)(H3,27,29,30,31)/t14?,17-,19-,23-,25-,42+/m1/s1. The number of benzene rings is 1. The third-order valence-corrected chi connectivity index (χ3v) is 8.42. The third kappa shape index (κ3) is 6.19. The number of imidazole rings is 1. The summed E-state index contributed by atoms with van der Waals surface area (Å²) in [4.78, 5) is 24.9. The van der Waals surface area contributed by atoms with Gasteiger partial charge >= 0.3 is 13.7 Å². The molecule has 0 radical (unpaired) electrons. The van der Waals surface area contributed by atoms with Crippen LogP contribution in [0.1, 0.15) is 32.9 Å². The molecule has 1 aliphatic carbocycles. The predicted molar refractivity (Wildman–Crippen MR) is 147 cm³/mol. The Bertz CT molecular complexity index is 1460. The van der Waals surface area contributed by atoms with Crippen LogP contribution < -0.4 is 20.7 Å². The van der Waals surface area contributed by atoms with Crippen LogP contribution in [0.5, 0.6) is 5.75 Å². The highest BCUT2D eigenvalue weighted by Crippen LogP contribution is 2.48. The molecule has 0 bridgehead atoms. The summed E-state index contributed by atoms with van der Waals surface area (Å²) in [7, 11) is -4.34. The van der Waals surface area contributed by atoms with Crippen molar-refractivity contribution in [3.8, 4) is 5.75 Å². The molecule has 2 aliphatic rings. The molecule has 1 unspecified atom stereocenters. The summed E-state index contributed by atoms with van der Waals surface area (Å²) < 4.78 is 53.1. The second kappa shape index (κ2) is 12.1. The Morgan fingerprint density at radius 2 is 2.07 bits per heavy atom. The highest BCUT2D eigenvalue weighted by molar-refractivity contribution is 7.52. The van der Waals surface area contributed by atoms with E-state index >= 15 is 4.39 Å². The maximum Gasteiger partial charge on any atom is 0.459 e. The number of nitrogens with zero attached hydrogens (tertiary/aromatic N) is 4. The molecule has 6 atom stereocenters. The Kier molecular flexibility index (Phi) is 8.64. The fourth-order valence-electron chi connectivity index (χ4n) is 4.47. The molecule has 2 aromatic heterocycles. The fraction of sp³-hybridized carbons (Fsp3) is 0.520. The van der Waals surface area contributed by atoms with E-state index in [1.54, 1.807) is 25.1 Å². The lowest BCUT2D eigenvalue weighted by Crippen LogP contribution is -2.46. The van der Waals surface area contributed by atoms with Crippen LogP contribution in [-0.4, -0.2) is 85.5 Å². The lowest BCUT2D eigenvalue weighted by molar-refractivity contribution is -0.144. The second-order valence-electron chi connectivity index (χ2n) is 10.0. The van der Waals surface area contributed by atoms with E-state index in [1.165, 1.54) is 30.0 Å². The number of para-hydroxylation sites is 1. The highest BCUT2D eigenvalue weighted by atomic mass is 31.2. The van der Waals surface area contributed by atoms with Gasteiger partial charge in [-0.25, -0.2) is 13.9 Å². The van der Waals surface area contributed by atoms with Crippen molar-refractivity contribution in [1.29, 1.82) is 0 Å². The third-order valence-electron chi connectivity index (χ3n) is 6.78. The second-order valence-corrected chi connectivity index (χ2v) is 11.7. The summed E-state index contributed by atoms with van der Waals surface area (Å²) in [5.41, 5.74) is 3.56. The number of halogens is 1. The monoisotopic (exact) mass is 609 g/mol. The SMILES string of the molecule is CCOC(=O)C(C)N[P@](=O)(OC[C@H]1O[C@@H](n2cnc3c(NC4CC4)nc(N)nc32)[C@@](F)(CO)[C@@H]1O)Oc1ccccc1. The Morgan fingerprint density at radius 3 is 2.74 bits per heavy atom. The first kappa shape index (κ1) is 30.1. The molecule has 1 saturated heterocycles. The zero-order valence-corrected chi connectivity index (χ0v) is 23.8. The number of fused-ring (bicyclic) bond motifs is 1. The first-order valence-corrected chi connectivity index (χ1v) is 14.9. The summed E-state index contributed by atoms with van der Waals surface area (Å²) in [6.07, 6.45) is -1.86. The van der Waals surface area contributed by atoms with Gasteiger partial charge in [-0.2, -0.15) is 15.1 Å². The summed E-state index contributed by atoms with van der Waals surface area (Å²) in [6, 6.07) is 7.14. The van der Waals surface area contributed by atoms with Crippen molar-refractivity contribution in [2.45, 2.75) is 62.9 Å². The van der Waals surface area contributed by atoms with Gasteiger partial charge in [0.25, 0.3) is 0 Å². The highest BCUT2D eigenvalue weighted by Gasteiger charge is 2.59. The summed E-state index contributed by atoms with van der Waals surface area (Å²) >= 11 is 0. The minimum Gasteiger partial charge on any atom is -0.465 e. The molecule has 1 aliphatic heterocycles. The molecular formula is C25H33FN7O8P. The summed E-state index contributed by atoms with van der Waals surface area (Å²) in [6.45, 7) is 1.32. The number of hydrogen-bond acceptors (Lipinski definition) is 13. The number of carbonyl (C=O) groups excluding carboxylic acids is 1. The molecule has 15 nitrogen and oxygen atoms in total. The summed E-state index contributed by atoms with van der Waals surface area (Å²) in [5, 5.41) is 26.7. The van der Waals surface area contributed by atoms with Crippen LogP contribution in [0.2, 0.25) is 0 Å². The predicted octanol–water partition coefficient (Wildman–Crippen LogP) is 1.69. The first-order chi connectivity index (χ1) is 20.1. The molecule has 5 rings (SSSR count). The molecule has 1 saturated carbocycles. The van der Waals surface area contributed by atoms with E-state index in [1.807, 2.05) is 0 Å². The van der Waals surface area contributed by atoms with Crippen molar-refractivity contribution in [2.24, 2.45) is 0 Å². The van der Waals surface area contributed by atoms with Crippen LogP contribution in [0, 0.1) is 0 Å². The quantitative estimate of drug-likeness (QED) is 0.138. The smallest absolute Gasteiger partial charge is 0.459 e. The van der Waals surface area contributed by atoms with Gasteiger partial charge in [0.05, 0.1) is 26.1 Å². The number of aliphatic hydroxyl groups excluding tert-OH is 2. The molecule has 0 spiro atoms. The molecule has 6 N–H and O–H groups in total. The van der Waals surface area contributed by atoms with Gasteiger partial charge in [0.15, 0.2) is 23.2 Å². The number of aromatic nitrogens is 4. The number of carbonyl (C=O) groups is 1. The average Bonchev–Trinajstić information content (AvgIpc) is 3.62. The van der Waals surface area contributed by atoms with E-state index in [4.69, 9.17) is 24.3 Å². The molecule has 228 valence electrons. The number of nitrogen functional groups attached to an aromatic ring is 1. The normalized spacial score (nSPS) is 26.1. The largest absolute Gasteiger partial charge is 0.465 e.